The molecule has 0 fully saturated rings. The van der Waals surface area contributed by atoms with Crippen LogP contribution in [0.3, 0.4) is 0 Å². The Morgan fingerprint density at radius 3 is 1.91 bits per heavy atom. The number of cyclic esters (lactones) is 1. The molecule has 1 aliphatic heterocycles. The molecule has 3 aromatic rings. The molecular formula is C37H50O8Si2. The molecule has 0 saturated carbocycles. The van der Waals surface area contributed by atoms with Crippen LogP contribution in [0.25, 0.3) is 0 Å². The second-order valence-electron chi connectivity index (χ2n) is 13.9. The normalized spacial score (nSPS) is 15.8. The Labute approximate surface area is 282 Å². The van der Waals surface area contributed by atoms with Crippen molar-refractivity contribution in [3.8, 4) is 11.5 Å². The third-order valence-corrected chi connectivity index (χ3v) is 9.34. The van der Waals surface area contributed by atoms with E-state index < -0.39 is 28.7 Å². The number of carbonyl (C=O) groups excluding carboxylic acids is 1. The first-order chi connectivity index (χ1) is 22.2. The van der Waals surface area contributed by atoms with E-state index in [2.05, 4.69) is 45.9 Å². The first kappa shape index (κ1) is 36.4. The van der Waals surface area contributed by atoms with Crippen LogP contribution in [-0.4, -0.2) is 42.3 Å². The van der Waals surface area contributed by atoms with Crippen molar-refractivity contribution < 1.29 is 37.3 Å². The van der Waals surface area contributed by atoms with E-state index in [0.717, 1.165) is 11.1 Å². The SMILES string of the molecule is C=C(O[Si](C)(C)C)[C@@H](C)Cc1c(OCOCc2ccccc2)cc2c(c1OCOCc1ccccc1)C(=O)O[C@@H]2[C@H](C)O[Si](C)(C)C. The summed E-state index contributed by atoms with van der Waals surface area (Å²) in [5, 5.41) is 0. The number of allylic oxidation sites excluding steroid dienone is 1. The summed E-state index contributed by atoms with van der Waals surface area (Å²) in [6.07, 6.45) is -0.552. The van der Waals surface area contributed by atoms with E-state index in [1.807, 2.05) is 80.6 Å². The van der Waals surface area contributed by atoms with Crippen molar-refractivity contribution >= 4 is 22.6 Å². The van der Waals surface area contributed by atoms with Crippen molar-refractivity contribution in [2.75, 3.05) is 13.6 Å². The fourth-order valence-electron chi connectivity index (χ4n) is 5.40. The lowest BCUT2D eigenvalue weighted by molar-refractivity contribution is -0.000515. The molecule has 254 valence electrons. The smallest absolute Gasteiger partial charge is 0.343 e. The van der Waals surface area contributed by atoms with Crippen molar-refractivity contribution in [2.24, 2.45) is 5.92 Å². The average molecular weight is 679 g/mol. The van der Waals surface area contributed by atoms with Gasteiger partial charge in [-0.3, -0.25) is 0 Å². The van der Waals surface area contributed by atoms with E-state index in [1.54, 1.807) is 0 Å². The monoisotopic (exact) mass is 678 g/mol. The van der Waals surface area contributed by atoms with Gasteiger partial charge in [-0.05, 0) is 69.8 Å². The highest BCUT2D eigenvalue weighted by Crippen LogP contribution is 2.46. The Balaban J connectivity index is 1.70. The van der Waals surface area contributed by atoms with Gasteiger partial charge in [0.2, 0.25) is 8.32 Å². The highest BCUT2D eigenvalue weighted by molar-refractivity contribution is 6.70. The zero-order chi connectivity index (χ0) is 34.2. The van der Waals surface area contributed by atoms with E-state index in [1.165, 1.54) is 0 Å². The van der Waals surface area contributed by atoms with Crippen LogP contribution in [0.15, 0.2) is 79.1 Å². The molecule has 0 aromatic heterocycles. The molecular weight excluding hydrogens is 629 g/mol. The maximum Gasteiger partial charge on any atom is 0.343 e. The molecule has 0 N–H and O–H groups in total. The molecule has 4 rings (SSSR count). The largest absolute Gasteiger partial charge is 0.548 e. The molecule has 0 spiro atoms. The molecule has 0 radical (unpaired) electrons. The van der Waals surface area contributed by atoms with Crippen molar-refractivity contribution in [1.29, 1.82) is 0 Å². The van der Waals surface area contributed by atoms with Crippen molar-refractivity contribution in [1.82, 2.24) is 0 Å². The van der Waals surface area contributed by atoms with Gasteiger partial charge in [0.1, 0.15) is 17.1 Å². The van der Waals surface area contributed by atoms with E-state index in [0.29, 0.717) is 53.6 Å². The molecule has 0 bridgehead atoms. The molecule has 0 amide bonds. The minimum atomic E-state index is -1.95. The quantitative estimate of drug-likeness (QED) is 0.0434. The number of hydrogen-bond acceptors (Lipinski definition) is 8. The van der Waals surface area contributed by atoms with Crippen LogP contribution >= 0.6 is 0 Å². The fourth-order valence-corrected chi connectivity index (χ4v) is 7.63. The molecule has 47 heavy (non-hydrogen) atoms. The van der Waals surface area contributed by atoms with Gasteiger partial charge in [0, 0.05) is 17.0 Å². The Kier molecular flexibility index (Phi) is 12.5. The number of fused-ring (bicyclic) bond motifs is 1. The second-order valence-corrected chi connectivity index (χ2v) is 22.8. The minimum Gasteiger partial charge on any atom is -0.548 e. The third-order valence-electron chi connectivity index (χ3n) is 7.39. The number of esters is 1. The molecule has 3 aromatic carbocycles. The van der Waals surface area contributed by atoms with Crippen LogP contribution in [0, 0.1) is 5.92 Å². The molecule has 3 atom stereocenters. The van der Waals surface area contributed by atoms with E-state index in [-0.39, 0.29) is 25.6 Å². The molecule has 0 unspecified atom stereocenters. The molecule has 1 heterocycles. The van der Waals surface area contributed by atoms with Crippen LogP contribution in [0.1, 0.15) is 52.6 Å². The highest BCUT2D eigenvalue weighted by atomic mass is 28.4. The van der Waals surface area contributed by atoms with Gasteiger partial charge in [-0.1, -0.05) is 74.2 Å². The van der Waals surface area contributed by atoms with Crippen molar-refractivity contribution in [3.63, 3.8) is 0 Å². The molecule has 1 aliphatic rings. The molecule has 10 heteroatoms. The number of carbonyl (C=O) groups is 1. The standard InChI is InChI=1S/C37H50O8Si2/c1-26(27(2)44-46(4,5)6)20-31-33(41-24-39-22-29-16-12-10-13-17-29)21-32-34(37(38)43-35(32)28(3)45-47(7,8)9)36(31)42-25-40-23-30-18-14-11-15-19-30/h10-19,21,26,28,35H,2,20,22-25H2,1,3-9H3/t26-,28-,35+/m0/s1. The maximum absolute atomic E-state index is 13.6. The van der Waals surface area contributed by atoms with Crippen LogP contribution in [0.4, 0.5) is 0 Å². The van der Waals surface area contributed by atoms with Gasteiger partial charge in [-0.15, -0.1) is 0 Å². The van der Waals surface area contributed by atoms with Gasteiger partial charge in [0.15, 0.2) is 28.0 Å². The summed E-state index contributed by atoms with van der Waals surface area (Å²) >= 11 is 0. The van der Waals surface area contributed by atoms with Crippen LogP contribution < -0.4 is 9.47 Å². The third kappa shape index (κ3) is 10.8. The van der Waals surface area contributed by atoms with Crippen LogP contribution in [-0.2, 0) is 42.7 Å². The topological polar surface area (TPSA) is 81.7 Å². The predicted octanol–water partition coefficient (Wildman–Crippen LogP) is 8.79. The lowest BCUT2D eigenvalue weighted by atomic mass is 9.92. The minimum absolute atomic E-state index is 0.00815. The van der Waals surface area contributed by atoms with E-state index >= 15 is 0 Å². The summed E-state index contributed by atoms with van der Waals surface area (Å²) in [7, 11) is -3.85. The maximum atomic E-state index is 13.6. The number of rotatable bonds is 18. The van der Waals surface area contributed by atoms with Gasteiger partial charge >= 0.3 is 5.97 Å². The summed E-state index contributed by atoms with van der Waals surface area (Å²) in [4.78, 5) is 13.6. The van der Waals surface area contributed by atoms with Gasteiger partial charge in [-0.25, -0.2) is 4.79 Å². The summed E-state index contributed by atoms with van der Waals surface area (Å²) < 4.78 is 43.2. The summed E-state index contributed by atoms with van der Waals surface area (Å²) in [5.74, 6) is 1.01. The number of hydrogen-bond donors (Lipinski definition) is 0. The first-order valence-corrected chi connectivity index (χ1v) is 23.0. The summed E-state index contributed by atoms with van der Waals surface area (Å²) in [6.45, 7) is 21.6. The first-order valence-electron chi connectivity index (χ1n) is 16.2. The Morgan fingerprint density at radius 1 is 0.830 bits per heavy atom. The highest BCUT2D eigenvalue weighted by Gasteiger charge is 2.42. The van der Waals surface area contributed by atoms with Gasteiger partial charge in [0.25, 0.3) is 0 Å². The summed E-state index contributed by atoms with van der Waals surface area (Å²) in [5.41, 5.74) is 3.76. The van der Waals surface area contributed by atoms with Gasteiger partial charge in [0.05, 0.1) is 25.1 Å². The number of benzene rings is 3. The Morgan fingerprint density at radius 2 is 1.38 bits per heavy atom. The van der Waals surface area contributed by atoms with E-state index in [4.69, 9.17) is 32.5 Å². The van der Waals surface area contributed by atoms with Crippen molar-refractivity contribution in [2.45, 2.75) is 85.0 Å². The van der Waals surface area contributed by atoms with Crippen LogP contribution in [0.5, 0.6) is 11.5 Å². The zero-order valence-electron chi connectivity index (χ0n) is 29.1. The Bertz CT molecular complexity index is 1480. The lowest BCUT2D eigenvalue weighted by Gasteiger charge is -2.28. The van der Waals surface area contributed by atoms with Gasteiger partial charge in [-0.2, -0.15) is 0 Å². The predicted molar refractivity (Wildman–Crippen MR) is 188 cm³/mol. The molecule has 0 aliphatic carbocycles. The lowest BCUT2D eigenvalue weighted by Crippen LogP contribution is -2.33. The molecule has 0 saturated heterocycles. The van der Waals surface area contributed by atoms with E-state index in [9.17, 15) is 4.79 Å². The fraction of sp³-hybridized carbons (Fsp3) is 0.432. The van der Waals surface area contributed by atoms with Crippen LogP contribution in [0.2, 0.25) is 39.3 Å². The molecule has 8 nitrogen and oxygen atoms in total. The van der Waals surface area contributed by atoms with Gasteiger partial charge < -0.3 is 32.5 Å². The number of ether oxygens (including phenoxy) is 5. The average Bonchev–Trinajstić information content (AvgIpc) is 3.33. The van der Waals surface area contributed by atoms with Crippen molar-refractivity contribution in [3.05, 3.63) is 107 Å². The second kappa shape index (κ2) is 16.1. The Hall–Kier alpha value is -3.42. The zero-order valence-corrected chi connectivity index (χ0v) is 31.1. The summed E-state index contributed by atoms with van der Waals surface area (Å²) in [6, 6.07) is 21.6.